The van der Waals surface area contributed by atoms with Gasteiger partial charge in [0.2, 0.25) is 10.0 Å². The number of rotatable bonds is 6. The number of aryl methyl sites for hydroxylation is 1. The van der Waals surface area contributed by atoms with Crippen LogP contribution < -0.4 is 4.72 Å². The molecule has 0 aliphatic carbocycles. The quantitative estimate of drug-likeness (QED) is 0.710. The molecule has 0 aliphatic rings. The van der Waals surface area contributed by atoms with Crippen LogP contribution in [0.1, 0.15) is 5.56 Å². The van der Waals surface area contributed by atoms with Crippen molar-refractivity contribution in [2.45, 2.75) is 18.4 Å². The molecule has 0 atom stereocenters. The Labute approximate surface area is 150 Å². The molecule has 5 nitrogen and oxygen atoms in total. The number of halogens is 1. The lowest BCUT2D eigenvalue weighted by atomic mass is 10.2. The lowest BCUT2D eigenvalue weighted by molar-refractivity contribution is 0.561. The lowest BCUT2D eigenvalue weighted by Crippen LogP contribution is -2.28. The summed E-state index contributed by atoms with van der Waals surface area (Å²) in [5.41, 5.74) is 2.60. The average molecular weight is 382 g/mol. The lowest BCUT2D eigenvalue weighted by Gasteiger charge is -2.09. The van der Waals surface area contributed by atoms with Gasteiger partial charge in [-0.1, -0.05) is 17.7 Å². The maximum atomic E-state index is 12.4. The highest BCUT2D eigenvalue weighted by atomic mass is 35.5. The fourth-order valence-corrected chi connectivity index (χ4v) is 4.46. The Morgan fingerprint density at radius 3 is 2.88 bits per heavy atom. The van der Waals surface area contributed by atoms with Crippen molar-refractivity contribution in [1.29, 1.82) is 0 Å². The number of thiophene rings is 1. The highest BCUT2D eigenvalue weighted by Crippen LogP contribution is 2.21. The van der Waals surface area contributed by atoms with Crippen LogP contribution in [0.4, 0.5) is 0 Å². The van der Waals surface area contributed by atoms with E-state index in [1.54, 1.807) is 35.1 Å². The molecule has 0 spiro atoms. The van der Waals surface area contributed by atoms with Gasteiger partial charge in [-0.25, -0.2) is 13.1 Å². The van der Waals surface area contributed by atoms with Gasteiger partial charge in [-0.3, -0.25) is 4.68 Å². The summed E-state index contributed by atoms with van der Waals surface area (Å²) in [5, 5.41) is 8.86. The van der Waals surface area contributed by atoms with Crippen LogP contribution >= 0.6 is 22.9 Å². The SMILES string of the molecule is Cc1ccc(Cl)cc1S(=O)(=O)NCCn1ccc(-c2ccsc2)n1. The number of hydrogen-bond donors (Lipinski definition) is 1. The van der Waals surface area contributed by atoms with E-state index >= 15 is 0 Å². The molecule has 24 heavy (non-hydrogen) atoms. The molecule has 3 rings (SSSR count). The summed E-state index contributed by atoms with van der Waals surface area (Å²) in [6.45, 7) is 2.44. The number of nitrogens with one attached hydrogen (secondary N) is 1. The molecule has 0 unspecified atom stereocenters. The van der Waals surface area contributed by atoms with Crippen molar-refractivity contribution < 1.29 is 8.42 Å². The summed E-state index contributed by atoms with van der Waals surface area (Å²) in [4.78, 5) is 0.203. The topological polar surface area (TPSA) is 64.0 Å². The zero-order valence-corrected chi connectivity index (χ0v) is 15.3. The molecular weight excluding hydrogens is 366 g/mol. The van der Waals surface area contributed by atoms with Crippen molar-refractivity contribution in [1.82, 2.24) is 14.5 Å². The van der Waals surface area contributed by atoms with Gasteiger partial charge in [-0.15, -0.1) is 0 Å². The van der Waals surface area contributed by atoms with E-state index in [-0.39, 0.29) is 11.4 Å². The number of aromatic nitrogens is 2. The normalized spacial score (nSPS) is 11.8. The van der Waals surface area contributed by atoms with Gasteiger partial charge in [0, 0.05) is 28.7 Å². The first kappa shape index (κ1) is 17.2. The van der Waals surface area contributed by atoms with Crippen LogP contribution in [0.25, 0.3) is 11.3 Å². The second-order valence-corrected chi connectivity index (χ2v) is 8.24. The molecule has 0 saturated carbocycles. The molecule has 0 saturated heterocycles. The minimum Gasteiger partial charge on any atom is -0.271 e. The molecule has 3 aromatic rings. The maximum Gasteiger partial charge on any atom is 0.240 e. The van der Waals surface area contributed by atoms with E-state index in [9.17, 15) is 8.42 Å². The van der Waals surface area contributed by atoms with Gasteiger partial charge in [0.25, 0.3) is 0 Å². The third-order valence-electron chi connectivity index (χ3n) is 3.53. The van der Waals surface area contributed by atoms with Crippen LogP contribution in [-0.4, -0.2) is 24.7 Å². The Kier molecular flexibility index (Phi) is 5.05. The van der Waals surface area contributed by atoms with E-state index in [0.29, 0.717) is 17.1 Å². The Hall–Kier alpha value is -1.67. The Morgan fingerprint density at radius 1 is 1.29 bits per heavy atom. The fourth-order valence-electron chi connectivity index (χ4n) is 2.29. The molecular formula is C16H16ClN3O2S2. The second kappa shape index (κ2) is 7.06. The Morgan fingerprint density at radius 2 is 2.12 bits per heavy atom. The molecule has 2 aromatic heterocycles. The second-order valence-electron chi connectivity index (χ2n) is 5.28. The monoisotopic (exact) mass is 381 g/mol. The summed E-state index contributed by atoms with van der Waals surface area (Å²) in [7, 11) is -3.59. The first-order chi connectivity index (χ1) is 11.5. The van der Waals surface area contributed by atoms with E-state index in [2.05, 4.69) is 9.82 Å². The molecule has 8 heteroatoms. The molecule has 2 heterocycles. The van der Waals surface area contributed by atoms with Crippen LogP contribution in [0, 0.1) is 6.92 Å². The zero-order chi connectivity index (χ0) is 17.2. The smallest absolute Gasteiger partial charge is 0.240 e. The molecule has 1 aromatic carbocycles. The summed E-state index contributed by atoms with van der Waals surface area (Å²) in [6.07, 6.45) is 1.84. The van der Waals surface area contributed by atoms with Crippen molar-refractivity contribution in [3.63, 3.8) is 0 Å². The van der Waals surface area contributed by atoms with Crippen LogP contribution in [0.5, 0.6) is 0 Å². The van der Waals surface area contributed by atoms with Gasteiger partial charge < -0.3 is 0 Å². The van der Waals surface area contributed by atoms with Gasteiger partial charge in [-0.2, -0.15) is 16.4 Å². The summed E-state index contributed by atoms with van der Waals surface area (Å²) < 4.78 is 29.1. The predicted octanol–water partition coefficient (Wildman–Crippen LogP) is 3.55. The van der Waals surface area contributed by atoms with Crippen LogP contribution in [-0.2, 0) is 16.6 Å². The van der Waals surface area contributed by atoms with Crippen molar-refractivity contribution in [2.75, 3.05) is 6.54 Å². The highest BCUT2D eigenvalue weighted by Gasteiger charge is 2.16. The summed E-state index contributed by atoms with van der Waals surface area (Å²) in [6, 6.07) is 8.74. The number of sulfonamides is 1. The molecule has 0 aliphatic heterocycles. The third-order valence-corrected chi connectivity index (χ3v) is 6.05. The first-order valence-electron chi connectivity index (χ1n) is 7.27. The van der Waals surface area contributed by atoms with Crippen molar-refractivity contribution in [3.8, 4) is 11.3 Å². The number of benzene rings is 1. The van der Waals surface area contributed by atoms with Crippen LogP contribution in [0.3, 0.4) is 0 Å². The molecule has 1 N–H and O–H groups in total. The Bertz CT molecular complexity index is 934. The van der Waals surface area contributed by atoms with E-state index in [0.717, 1.165) is 11.3 Å². The predicted molar refractivity (Wildman–Crippen MR) is 96.9 cm³/mol. The standard InChI is InChI=1S/C16H16ClN3O2S2/c1-12-2-3-14(17)10-16(12)24(21,22)18-6-8-20-7-4-15(19-20)13-5-9-23-11-13/h2-5,7,9-11,18H,6,8H2,1H3. The minimum absolute atomic E-state index is 0.203. The Balaban J connectivity index is 1.64. The first-order valence-corrected chi connectivity index (χ1v) is 10.1. The van der Waals surface area contributed by atoms with Gasteiger partial charge in [0.1, 0.15) is 0 Å². The summed E-state index contributed by atoms with van der Waals surface area (Å²) in [5.74, 6) is 0. The molecule has 0 radical (unpaired) electrons. The molecule has 126 valence electrons. The zero-order valence-electron chi connectivity index (χ0n) is 12.9. The minimum atomic E-state index is -3.59. The maximum absolute atomic E-state index is 12.4. The highest BCUT2D eigenvalue weighted by molar-refractivity contribution is 7.89. The van der Waals surface area contributed by atoms with Crippen molar-refractivity contribution in [2.24, 2.45) is 0 Å². The molecule has 0 fully saturated rings. The molecule has 0 amide bonds. The largest absolute Gasteiger partial charge is 0.271 e. The fraction of sp³-hybridized carbons (Fsp3) is 0.188. The van der Waals surface area contributed by atoms with Crippen molar-refractivity contribution in [3.05, 3.63) is 57.9 Å². The van der Waals surface area contributed by atoms with Crippen LogP contribution in [0.2, 0.25) is 5.02 Å². The van der Waals surface area contributed by atoms with Gasteiger partial charge >= 0.3 is 0 Å². The number of hydrogen-bond acceptors (Lipinski definition) is 4. The van der Waals surface area contributed by atoms with E-state index < -0.39 is 10.0 Å². The molecule has 0 bridgehead atoms. The average Bonchev–Trinajstić information content (AvgIpc) is 3.20. The van der Waals surface area contributed by atoms with Crippen molar-refractivity contribution >= 4 is 33.0 Å². The van der Waals surface area contributed by atoms with E-state index in [1.165, 1.54) is 6.07 Å². The van der Waals surface area contributed by atoms with E-state index in [4.69, 9.17) is 11.6 Å². The van der Waals surface area contributed by atoms with Gasteiger partial charge in [-0.05, 0) is 42.1 Å². The number of nitrogens with zero attached hydrogens (tertiary/aromatic N) is 2. The van der Waals surface area contributed by atoms with Gasteiger partial charge in [0.15, 0.2) is 0 Å². The third kappa shape index (κ3) is 3.87. The van der Waals surface area contributed by atoms with E-state index in [1.807, 2.05) is 29.1 Å². The van der Waals surface area contributed by atoms with Gasteiger partial charge in [0.05, 0.1) is 17.1 Å². The van der Waals surface area contributed by atoms with Crippen LogP contribution in [0.15, 0.2) is 52.2 Å². The summed E-state index contributed by atoms with van der Waals surface area (Å²) >= 11 is 7.51.